The Labute approximate surface area is 90.1 Å². The van der Waals surface area contributed by atoms with Crippen LogP contribution in [0.15, 0.2) is 18.3 Å². The lowest BCUT2D eigenvalue weighted by molar-refractivity contribution is 0.572. The monoisotopic (exact) mass is 203 g/mol. The second kappa shape index (κ2) is 3.33. The Kier molecular flexibility index (Phi) is 2.25. The van der Waals surface area contributed by atoms with Crippen molar-refractivity contribution in [3.05, 3.63) is 29.7 Å². The van der Waals surface area contributed by atoms with Crippen molar-refractivity contribution in [2.75, 3.05) is 0 Å². The van der Waals surface area contributed by atoms with Gasteiger partial charge in [-0.1, -0.05) is 27.7 Å². The van der Waals surface area contributed by atoms with Crippen LogP contribution in [0, 0.1) is 0 Å². The predicted octanol–water partition coefficient (Wildman–Crippen LogP) is 2.59. The van der Waals surface area contributed by atoms with Gasteiger partial charge < -0.3 is 0 Å². The van der Waals surface area contributed by atoms with Crippen LogP contribution in [0.4, 0.5) is 0 Å². The van der Waals surface area contributed by atoms with Crippen LogP contribution in [0.25, 0.3) is 5.65 Å². The number of fused-ring (bicyclic) bond motifs is 1. The number of imidazole rings is 1. The van der Waals surface area contributed by atoms with E-state index in [1.54, 1.807) is 0 Å². The first-order chi connectivity index (χ1) is 7.00. The van der Waals surface area contributed by atoms with Gasteiger partial charge in [0.2, 0.25) is 0 Å². The van der Waals surface area contributed by atoms with E-state index in [0.29, 0.717) is 0 Å². The lowest BCUT2D eigenvalue weighted by Crippen LogP contribution is -2.11. The molecular formula is C12H17N3. The van der Waals surface area contributed by atoms with E-state index in [-0.39, 0.29) is 5.41 Å². The Morgan fingerprint density at radius 3 is 2.60 bits per heavy atom. The van der Waals surface area contributed by atoms with Crippen LogP contribution in [0.5, 0.6) is 0 Å². The van der Waals surface area contributed by atoms with Gasteiger partial charge in [-0.25, -0.2) is 9.50 Å². The average molecular weight is 203 g/mol. The quantitative estimate of drug-likeness (QED) is 0.713. The zero-order valence-corrected chi connectivity index (χ0v) is 9.78. The molecule has 0 aliphatic heterocycles. The molecule has 0 bridgehead atoms. The van der Waals surface area contributed by atoms with Crippen LogP contribution in [0.3, 0.4) is 0 Å². The van der Waals surface area contributed by atoms with Crippen LogP contribution in [-0.2, 0) is 11.8 Å². The van der Waals surface area contributed by atoms with Gasteiger partial charge in [0.15, 0.2) is 5.65 Å². The fraction of sp³-hybridized carbons (Fsp3) is 0.500. The Morgan fingerprint density at radius 1 is 1.27 bits per heavy atom. The fourth-order valence-corrected chi connectivity index (χ4v) is 1.47. The van der Waals surface area contributed by atoms with Gasteiger partial charge in [-0.2, -0.15) is 5.10 Å². The maximum Gasteiger partial charge on any atom is 0.153 e. The molecule has 0 aliphatic carbocycles. The maximum atomic E-state index is 4.56. The number of nitrogens with zero attached hydrogens (tertiary/aromatic N) is 3. The van der Waals surface area contributed by atoms with E-state index in [4.69, 9.17) is 0 Å². The molecule has 0 amide bonds. The summed E-state index contributed by atoms with van der Waals surface area (Å²) >= 11 is 0. The number of hydrogen-bond donors (Lipinski definition) is 0. The molecule has 0 spiro atoms. The van der Waals surface area contributed by atoms with Crippen molar-refractivity contribution >= 4 is 5.65 Å². The molecular weight excluding hydrogens is 186 g/mol. The van der Waals surface area contributed by atoms with Gasteiger partial charge >= 0.3 is 0 Å². The Balaban J connectivity index is 2.56. The highest BCUT2D eigenvalue weighted by Gasteiger charge is 2.17. The Hall–Kier alpha value is -1.38. The largest absolute Gasteiger partial charge is 0.232 e. The topological polar surface area (TPSA) is 30.2 Å². The molecule has 0 saturated carbocycles. The smallest absolute Gasteiger partial charge is 0.153 e. The van der Waals surface area contributed by atoms with Crippen LogP contribution in [-0.4, -0.2) is 14.6 Å². The standard InChI is InChI=1S/C12H17N3/c1-5-9-6-7-11-13-10(12(2,3)4)8-15(11)14-9/h6-8H,5H2,1-4H3. The highest BCUT2D eigenvalue weighted by Crippen LogP contribution is 2.21. The molecule has 3 nitrogen and oxygen atoms in total. The molecule has 2 heterocycles. The molecule has 2 aromatic rings. The van der Waals surface area contributed by atoms with Gasteiger partial charge in [0.25, 0.3) is 0 Å². The van der Waals surface area contributed by atoms with E-state index < -0.39 is 0 Å². The molecule has 0 unspecified atom stereocenters. The normalized spacial score (nSPS) is 12.3. The molecule has 0 atom stereocenters. The van der Waals surface area contributed by atoms with E-state index in [2.05, 4.69) is 37.8 Å². The molecule has 0 radical (unpaired) electrons. The van der Waals surface area contributed by atoms with Crippen molar-refractivity contribution in [1.82, 2.24) is 14.6 Å². The molecule has 0 aromatic carbocycles. The predicted molar refractivity (Wildman–Crippen MR) is 61.1 cm³/mol. The third-order valence-electron chi connectivity index (χ3n) is 2.51. The van der Waals surface area contributed by atoms with E-state index >= 15 is 0 Å². The van der Waals surface area contributed by atoms with Crippen LogP contribution in [0.1, 0.15) is 39.1 Å². The lowest BCUT2D eigenvalue weighted by Gasteiger charge is -2.13. The molecule has 2 rings (SSSR count). The van der Waals surface area contributed by atoms with Gasteiger partial charge in [-0.3, -0.25) is 0 Å². The molecule has 0 saturated heterocycles. The van der Waals surface area contributed by atoms with Crippen molar-refractivity contribution in [3.63, 3.8) is 0 Å². The van der Waals surface area contributed by atoms with Crippen LogP contribution < -0.4 is 0 Å². The summed E-state index contributed by atoms with van der Waals surface area (Å²) in [6.45, 7) is 8.59. The van der Waals surface area contributed by atoms with Crippen molar-refractivity contribution in [3.8, 4) is 0 Å². The summed E-state index contributed by atoms with van der Waals surface area (Å²) in [6.07, 6.45) is 2.98. The first-order valence-electron chi connectivity index (χ1n) is 5.36. The summed E-state index contributed by atoms with van der Waals surface area (Å²) in [5.41, 5.74) is 3.20. The van der Waals surface area contributed by atoms with Crippen molar-refractivity contribution in [1.29, 1.82) is 0 Å². The van der Waals surface area contributed by atoms with Crippen molar-refractivity contribution in [2.45, 2.75) is 39.5 Å². The van der Waals surface area contributed by atoms with E-state index in [0.717, 1.165) is 23.5 Å². The maximum absolute atomic E-state index is 4.56. The van der Waals surface area contributed by atoms with Crippen molar-refractivity contribution in [2.24, 2.45) is 0 Å². The Morgan fingerprint density at radius 2 is 2.00 bits per heavy atom. The minimum absolute atomic E-state index is 0.0834. The van der Waals surface area contributed by atoms with Gasteiger partial charge in [0.1, 0.15) is 0 Å². The summed E-state index contributed by atoms with van der Waals surface area (Å²) in [7, 11) is 0. The SMILES string of the molecule is CCc1ccc2nc(C(C)(C)C)cn2n1. The number of hydrogen-bond acceptors (Lipinski definition) is 2. The third kappa shape index (κ3) is 1.87. The van der Waals surface area contributed by atoms with Gasteiger partial charge in [0, 0.05) is 5.41 Å². The molecule has 80 valence electrons. The molecule has 2 aromatic heterocycles. The summed E-state index contributed by atoms with van der Waals surface area (Å²) in [6, 6.07) is 4.07. The minimum atomic E-state index is 0.0834. The van der Waals surface area contributed by atoms with Gasteiger partial charge in [0.05, 0.1) is 17.6 Å². The van der Waals surface area contributed by atoms with Crippen molar-refractivity contribution < 1.29 is 0 Å². The number of aromatic nitrogens is 3. The summed E-state index contributed by atoms with van der Waals surface area (Å²) in [5, 5.41) is 4.48. The fourth-order valence-electron chi connectivity index (χ4n) is 1.47. The Bertz CT molecular complexity index is 477. The first kappa shape index (κ1) is 10.1. The highest BCUT2D eigenvalue weighted by molar-refractivity contribution is 5.39. The molecule has 15 heavy (non-hydrogen) atoms. The van der Waals surface area contributed by atoms with E-state index in [1.165, 1.54) is 0 Å². The molecule has 0 aliphatic rings. The third-order valence-corrected chi connectivity index (χ3v) is 2.51. The summed E-state index contributed by atoms with van der Waals surface area (Å²) in [5.74, 6) is 0. The van der Waals surface area contributed by atoms with Crippen LogP contribution in [0.2, 0.25) is 0 Å². The van der Waals surface area contributed by atoms with Crippen LogP contribution >= 0.6 is 0 Å². The van der Waals surface area contributed by atoms with E-state index in [1.807, 2.05) is 22.8 Å². The first-order valence-corrected chi connectivity index (χ1v) is 5.36. The van der Waals surface area contributed by atoms with Gasteiger partial charge in [-0.15, -0.1) is 0 Å². The zero-order valence-electron chi connectivity index (χ0n) is 9.78. The van der Waals surface area contributed by atoms with E-state index in [9.17, 15) is 0 Å². The lowest BCUT2D eigenvalue weighted by atomic mass is 9.93. The molecule has 0 N–H and O–H groups in total. The summed E-state index contributed by atoms with van der Waals surface area (Å²) < 4.78 is 1.87. The number of rotatable bonds is 1. The second-order valence-electron chi connectivity index (χ2n) is 4.86. The number of aryl methyl sites for hydroxylation is 1. The average Bonchev–Trinajstić information content (AvgIpc) is 2.59. The molecule has 0 fully saturated rings. The minimum Gasteiger partial charge on any atom is -0.232 e. The second-order valence-corrected chi connectivity index (χ2v) is 4.86. The highest BCUT2D eigenvalue weighted by atomic mass is 15.2. The van der Waals surface area contributed by atoms with Gasteiger partial charge in [-0.05, 0) is 18.6 Å². The molecule has 3 heteroatoms. The zero-order chi connectivity index (χ0) is 11.1. The summed E-state index contributed by atoms with van der Waals surface area (Å²) in [4.78, 5) is 4.56.